The number of hydrogen-bond donors (Lipinski definition) is 0. The van der Waals surface area contributed by atoms with Crippen LogP contribution < -0.4 is 0 Å². The minimum Gasteiger partial charge on any atom is -0.381 e. The summed E-state index contributed by atoms with van der Waals surface area (Å²) in [6.07, 6.45) is 0. The maximum Gasteiger partial charge on any atom is 0.237 e. The first-order valence-electron chi connectivity index (χ1n) is 5.42. The SMILES string of the molecule is CCOC[C@@H]1CN(C(=O)CCl)CC1(C)C. The van der Waals surface area contributed by atoms with Crippen molar-refractivity contribution in [1.82, 2.24) is 4.90 Å². The topological polar surface area (TPSA) is 29.5 Å². The van der Waals surface area contributed by atoms with Crippen molar-refractivity contribution < 1.29 is 9.53 Å². The van der Waals surface area contributed by atoms with E-state index in [1.807, 2.05) is 11.8 Å². The van der Waals surface area contributed by atoms with Crippen LogP contribution in [0.25, 0.3) is 0 Å². The summed E-state index contributed by atoms with van der Waals surface area (Å²) in [5.74, 6) is 0.533. The number of alkyl halides is 1. The van der Waals surface area contributed by atoms with Crippen molar-refractivity contribution in [2.75, 3.05) is 32.2 Å². The quantitative estimate of drug-likeness (QED) is 0.693. The van der Waals surface area contributed by atoms with Crippen molar-refractivity contribution in [3.05, 3.63) is 0 Å². The summed E-state index contributed by atoms with van der Waals surface area (Å²) in [6.45, 7) is 9.38. The van der Waals surface area contributed by atoms with E-state index in [2.05, 4.69) is 13.8 Å². The molecule has 0 aromatic rings. The molecule has 1 aliphatic rings. The van der Waals surface area contributed by atoms with Crippen LogP contribution in [0.3, 0.4) is 0 Å². The highest BCUT2D eigenvalue weighted by Gasteiger charge is 2.40. The number of amides is 1. The Morgan fingerprint density at radius 2 is 2.27 bits per heavy atom. The van der Waals surface area contributed by atoms with E-state index in [0.717, 1.165) is 26.3 Å². The minimum atomic E-state index is 0.0312. The fourth-order valence-corrected chi connectivity index (χ4v) is 2.18. The molecule has 1 aliphatic heterocycles. The van der Waals surface area contributed by atoms with Crippen LogP contribution in [0.15, 0.2) is 0 Å². The van der Waals surface area contributed by atoms with Crippen molar-refractivity contribution in [3.63, 3.8) is 0 Å². The molecule has 4 heteroatoms. The molecule has 0 aromatic heterocycles. The smallest absolute Gasteiger partial charge is 0.237 e. The summed E-state index contributed by atoms with van der Waals surface area (Å²) in [7, 11) is 0. The Labute approximate surface area is 96.7 Å². The monoisotopic (exact) mass is 233 g/mol. The Bertz CT molecular complexity index is 231. The Morgan fingerprint density at radius 3 is 2.80 bits per heavy atom. The maximum atomic E-state index is 11.5. The van der Waals surface area contributed by atoms with Crippen LogP contribution in [-0.4, -0.2) is 43.0 Å². The average Bonchev–Trinajstić information content (AvgIpc) is 2.49. The number of ether oxygens (including phenoxy) is 1. The van der Waals surface area contributed by atoms with Crippen molar-refractivity contribution in [2.45, 2.75) is 20.8 Å². The molecule has 0 unspecified atom stereocenters. The van der Waals surface area contributed by atoms with Crippen molar-refractivity contribution in [3.8, 4) is 0 Å². The molecule has 0 bridgehead atoms. The lowest BCUT2D eigenvalue weighted by atomic mass is 9.83. The highest BCUT2D eigenvalue weighted by Crippen LogP contribution is 2.35. The average molecular weight is 234 g/mol. The van der Waals surface area contributed by atoms with Gasteiger partial charge in [-0.05, 0) is 12.3 Å². The standard InChI is InChI=1S/C11H20ClNO2/c1-4-15-7-9-6-13(10(14)5-12)8-11(9,2)3/h9H,4-8H2,1-3H3/t9-/m0/s1. The highest BCUT2D eigenvalue weighted by molar-refractivity contribution is 6.27. The fourth-order valence-electron chi connectivity index (χ4n) is 2.01. The molecular weight excluding hydrogens is 214 g/mol. The lowest BCUT2D eigenvalue weighted by Crippen LogP contribution is -2.30. The van der Waals surface area contributed by atoms with Crippen molar-refractivity contribution in [2.24, 2.45) is 11.3 Å². The lowest BCUT2D eigenvalue weighted by Gasteiger charge is -2.24. The molecule has 1 amide bonds. The molecule has 1 fully saturated rings. The van der Waals surface area contributed by atoms with Gasteiger partial charge in [0.05, 0.1) is 6.61 Å². The molecule has 0 N–H and O–H groups in total. The first-order valence-corrected chi connectivity index (χ1v) is 5.96. The second-order valence-corrected chi connectivity index (χ2v) is 5.02. The normalized spacial score (nSPS) is 24.5. The van der Waals surface area contributed by atoms with E-state index in [4.69, 9.17) is 16.3 Å². The molecule has 3 nitrogen and oxygen atoms in total. The van der Waals surface area contributed by atoms with Gasteiger partial charge in [0.1, 0.15) is 5.88 Å². The van der Waals surface area contributed by atoms with Crippen LogP contribution in [0, 0.1) is 11.3 Å². The third-order valence-electron chi connectivity index (χ3n) is 3.13. The van der Waals surface area contributed by atoms with Gasteiger partial charge in [-0.2, -0.15) is 0 Å². The van der Waals surface area contributed by atoms with Crippen LogP contribution in [0.4, 0.5) is 0 Å². The Hall–Kier alpha value is -0.280. The minimum absolute atomic E-state index is 0.0312. The summed E-state index contributed by atoms with van der Waals surface area (Å²) in [5, 5.41) is 0. The van der Waals surface area contributed by atoms with Gasteiger partial charge in [0.2, 0.25) is 5.91 Å². The van der Waals surface area contributed by atoms with E-state index in [0.29, 0.717) is 5.92 Å². The second kappa shape index (κ2) is 5.17. The zero-order valence-electron chi connectivity index (χ0n) is 9.75. The van der Waals surface area contributed by atoms with E-state index >= 15 is 0 Å². The van der Waals surface area contributed by atoms with E-state index in [9.17, 15) is 4.79 Å². The van der Waals surface area contributed by atoms with Gasteiger partial charge in [0, 0.05) is 25.6 Å². The number of likely N-dealkylation sites (tertiary alicyclic amines) is 1. The second-order valence-electron chi connectivity index (χ2n) is 4.75. The van der Waals surface area contributed by atoms with E-state index in [-0.39, 0.29) is 17.2 Å². The maximum absolute atomic E-state index is 11.5. The molecule has 0 saturated carbocycles. The summed E-state index contributed by atoms with van der Waals surface area (Å²) in [6, 6.07) is 0. The first-order chi connectivity index (χ1) is 7.01. The summed E-state index contributed by atoms with van der Waals surface area (Å²) >= 11 is 5.55. The predicted molar refractivity (Wildman–Crippen MR) is 61.1 cm³/mol. The summed E-state index contributed by atoms with van der Waals surface area (Å²) in [5.41, 5.74) is 0.136. The van der Waals surface area contributed by atoms with Crippen molar-refractivity contribution >= 4 is 17.5 Å². The van der Waals surface area contributed by atoms with Gasteiger partial charge in [-0.15, -0.1) is 11.6 Å². The number of hydrogen-bond acceptors (Lipinski definition) is 2. The van der Waals surface area contributed by atoms with Gasteiger partial charge in [0.25, 0.3) is 0 Å². The molecule has 1 heterocycles. The van der Waals surface area contributed by atoms with E-state index in [1.54, 1.807) is 0 Å². The predicted octanol–water partition coefficient (Wildman–Crippen LogP) is 1.75. The molecule has 1 rings (SSSR count). The molecule has 1 atom stereocenters. The van der Waals surface area contributed by atoms with Crippen LogP contribution in [0.2, 0.25) is 0 Å². The van der Waals surface area contributed by atoms with Crippen molar-refractivity contribution in [1.29, 1.82) is 0 Å². The number of carbonyl (C=O) groups is 1. The van der Waals surface area contributed by atoms with Gasteiger partial charge in [-0.25, -0.2) is 0 Å². The van der Waals surface area contributed by atoms with Crippen LogP contribution in [0.1, 0.15) is 20.8 Å². The number of halogens is 1. The zero-order chi connectivity index (χ0) is 11.5. The number of rotatable bonds is 4. The molecule has 15 heavy (non-hydrogen) atoms. The molecule has 0 aliphatic carbocycles. The molecule has 0 spiro atoms. The molecule has 1 saturated heterocycles. The Kier molecular flexibility index (Phi) is 4.41. The van der Waals surface area contributed by atoms with Crippen LogP contribution in [0.5, 0.6) is 0 Å². The molecule has 88 valence electrons. The number of carbonyl (C=O) groups excluding carboxylic acids is 1. The van der Waals surface area contributed by atoms with Gasteiger partial charge < -0.3 is 9.64 Å². The van der Waals surface area contributed by atoms with Crippen LogP contribution in [-0.2, 0) is 9.53 Å². The Balaban J connectivity index is 2.55. The first kappa shape index (κ1) is 12.8. The van der Waals surface area contributed by atoms with Gasteiger partial charge in [-0.1, -0.05) is 13.8 Å². The zero-order valence-corrected chi connectivity index (χ0v) is 10.5. The van der Waals surface area contributed by atoms with Crippen LogP contribution >= 0.6 is 11.6 Å². The third kappa shape index (κ3) is 3.08. The molecule has 0 radical (unpaired) electrons. The Morgan fingerprint density at radius 1 is 1.60 bits per heavy atom. The van der Waals surface area contributed by atoms with Gasteiger partial charge in [0.15, 0.2) is 0 Å². The number of nitrogens with zero attached hydrogens (tertiary/aromatic N) is 1. The van der Waals surface area contributed by atoms with E-state index < -0.39 is 0 Å². The largest absolute Gasteiger partial charge is 0.381 e. The highest BCUT2D eigenvalue weighted by atomic mass is 35.5. The third-order valence-corrected chi connectivity index (χ3v) is 3.36. The molecule has 0 aromatic carbocycles. The summed E-state index contributed by atoms with van der Waals surface area (Å²) in [4.78, 5) is 13.3. The van der Waals surface area contributed by atoms with Gasteiger partial charge >= 0.3 is 0 Å². The summed E-state index contributed by atoms with van der Waals surface area (Å²) < 4.78 is 5.44. The van der Waals surface area contributed by atoms with E-state index in [1.165, 1.54) is 0 Å². The lowest BCUT2D eigenvalue weighted by molar-refractivity contribution is -0.127. The molecular formula is C11H20ClNO2. The van der Waals surface area contributed by atoms with Gasteiger partial charge in [-0.3, -0.25) is 4.79 Å². The fraction of sp³-hybridized carbons (Fsp3) is 0.909.